The Hall–Kier alpha value is -1.65. The van der Waals surface area contributed by atoms with E-state index >= 15 is 0 Å². The van der Waals surface area contributed by atoms with Crippen LogP contribution in [0.1, 0.15) is 17.2 Å². The summed E-state index contributed by atoms with van der Waals surface area (Å²) in [7, 11) is 0. The molecule has 1 unspecified atom stereocenters. The fourth-order valence-corrected chi connectivity index (χ4v) is 2.01. The van der Waals surface area contributed by atoms with Gasteiger partial charge in [0.05, 0.1) is 0 Å². The van der Waals surface area contributed by atoms with E-state index in [-0.39, 0.29) is 11.9 Å². The van der Waals surface area contributed by atoms with Gasteiger partial charge in [0, 0.05) is 34.7 Å². The van der Waals surface area contributed by atoms with Crippen molar-refractivity contribution in [1.29, 1.82) is 0 Å². The molecule has 94 valence electrons. The quantitative estimate of drug-likeness (QED) is 0.897. The van der Waals surface area contributed by atoms with Gasteiger partial charge in [0.25, 0.3) is 0 Å². The van der Waals surface area contributed by atoms with Gasteiger partial charge < -0.3 is 11.5 Å². The van der Waals surface area contributed by atoms with Crippen LogP contribution in [0.5, 0.6) is 0 Å². The molecule has 0 aliphatic heterocycles. The number of aromatic nitrogens is 1. The van der Waals surface area contributed by atoms with Gasteiger partial charge >= 0.3 is 0 Å². The van der Waals surface area contributed by atoms with Gasteiger partial charge in [-0.3, -0.25) is 4.98 Å². The zero-order chi connectivity index (χ0) is 13.1. The van der Waals surface area contributed by atoms with Gasteiger partial charge in [-0.2, -0.15) is 0 Å². The van der Waals surface area contributed by atoms with Crippen molar-refractivity contribution in [2.75, 3.05) is 5.73 Å². The molecule has 1 heterocycles. The molecule has 0 aliphatic carbocycles. The molecule has 1 aromatic carbocycles. The molecule has 0 radical (unpaired) electrons. The second kappa shape index (κ2) is 5.33. The Morgan fingerprint density at radius 3 is 2.78 bits per heavy atom. The molecule has 1 aromatic heterocycles. The lowest BCUT2D eigenvalue weighted by Gasteiger charge is -2.14. The second-order valence-corrected chi connectivity index (χ2v) is 4.46. The van der Waals surface area contributed by atoms with Crippen LogP contribution < -0.4 is 11.5 Å². The van der Waals surface area contributed by atoms with Gasteiger partial charge in [-0.25, -0.2) is 4.39 Å². The Morgan fingerprint density at radius 1 is 1.33 bits per heavy atom. The molecule has 0 saturated heterocycles. The van der Waals surface area contributed by atoms with E-state index in [1.54, 1.807) is 24.5 Å². The first-order valence-corrected chi connectivity index (χ1v) is 5.84. The van der Waals surface area contributed by atoms with Crippen molar-refractivity contribution in [3.63, 3.8) is 0 Å². The minimum atomic E-state index is -0.363. The highest BCUT2D eigenvalue weighted by molar-refractivity contribution is 6.31. The molecule has 0 saturated carbocycles. The first kappa shape index (κ1) is 12.8. The maximum atomic E-state index is 12.9. The average molecular weight is 266 g/mol. The summed E-state index contributed by atoms with van der Waals surface area (Å²) in [5, 5.41) is 0.368. The van der Waals surface area contributed by atoms with Crippen LogP contribution in [0.15, 0.2) is 36.7 Å². The van der Waals surface area contributed by atoms with Crippen LogP contribution >= 0.6 is 11.6 Å². The molecule has 0 spiro atoms. The Kier molecular flexibility index (Phi) is 3.79. The number of rotatable bonds is 3. The fraction of sp³-hybridized carbons (Fsp3) is 0.154. The summed E-state index contributed by atoms with van der Waals surface area (Å²) in [6.45, 7) is 0. The first-order valence-electron chi connectivity index (χ1n) is 5.47. The predicted molar refractivity (Wildman–Crippen MR) is 70.7 cm³/mol. The topological polar surface area (TPSA) is 64.9 Å². The number of anilines is 1. The molecule has 0 fully saturated rings. The van der Waals surface area contributed by atoms with Crippen LogP contribution in [-0.4, -0.2) is 4.98 Å². The highest BCUT2D eigenvalue weighted by atomic mass is 35.5. The van der Waals surface area contributed by atoms with Crippen molar-refractivity contribution in [2.24, 2.45) is 5.73 Å². The van der Waals surface area contributed by atoms with Gasteiger partial charge in [-0.05, 0) is 30.2 Å². The van der Waals surface area contributed by atoms with Crippen molar-refractivity contribution < 1.29 is 4.39 Å². The highest BCUT2D eigenvalue weighted by Crippen LogP contribution is 2.25. The molecule has 5 heteroatoms. The summed E-state index contributed by atoms with van der Waals surface area (Å²) in [6, 6.07) is 5.64. The SMILES string of the molecule is Nc1ccncc1C(N)Cc1ccc(F)cc1Cl. The van der Waals surface area contributed by atoms with E-state index in [9.17, 15) is 4.39 Å². The van der Waals surface area contributed by atoms with Gasteiger partial charge in [-0.1, -0.05) is 17.7 Å². The van der Waals surface area contributed by atoms with E-state index in [2.05, 4.69) is 4.98 Å². The smallest absolute Gasteiger partial charge is 0.124 e. The molecule has 2 aromatic rings. The lowest BCUT2D eigenvalue weighted by molar-refractivity contribution is 0.625. The summed E-state index contributed by atoms with van der Waals surface area (Å²) < 4.78 is 12.9. The third-order valence-electron chi connectivity index (χ3n) is 2.74. The van der Waals surface area contributed by atoms with E-state index in [0.717, 1.165) is 11.1 Å². The van der Waals surface area contributed by atoms with Crippen molar-refractivity contribution in [1.82, 2.24) is 4.98 Å². The highest BCUT2D eigenvalue weighted by Gasteiger charge is 2.12. The molecule has 18 heavy (non-hydrogen) atoms. The molecule has 2 rings (SSSR count). The summed E-state index contributed by atoms with van der Waals surface area (Å²) in [5.41, 5.74) is 14.0. The number of nitrogens with two attached hydrogens (primary N) is 2. The molecular weight excluding hydrogens is 253 g/mol. The van der Waals surface area contributed by atoms with E-state index < -0.39 is 0 Å². The maximum absolute atomic E-state index is 12.9. The van der Waals surface area contributed by atoms with Gasteiger partial charge in [0.2, 0.25) is 0 Å². The van der Waals surface area contributed by atoms with Crippen LogP contribution in [-0.2, 0) is 6.42 Å². The number of nitrogen functional groups attached to an aromatic ring is 1. The number of benzene rings is 1. The lowest BCUT2D eigenvalue weighted by atomic mass is 10.00. The summed E-state index contributed by atoms with van der Waals surface area (Å²) >= 11 is 5.96. The van der Waals surface area contributed by atoms with Crippen LogP contribution in [0.2, 0.25) is 5.02 Å². The van der Waals surface area contributed by atoms with Crippen LogP contribution in [0.25, 0.3) is 0 Å². The molecule has 4 N–H and O–H groups in total. The summed E-state index contributed by atoms with van der Waals surface area (Å²) in [5.74, 6) is -0.363. The monoisotopic (exact) mass is 265 g/mol. The molecule has 0 bridgehead atoms. The Balaban J connectivity index is 2.21. The summed E-state index contributed by atoms with van der Waals surface area (Å²) in [4.78, 5) is 3.99. The fourth-order valence-electron chi connectivity index (χ4n) is 1.76. The zero-order valence-corrected chi connectivity index (χ0v) is 10.4. The summed E-state index contributed by atoms with van der Waals surface area (Å²) in [6.07, 6.45) is 3.73. The lowest BCUT2D eigenvalue weighted by Crippen LogP contribution is -2.15. The second-order valence-electron chi connectivity index (χ2n) is 4.05. The van der Waals surface area contributed by atoms with Gasteiger partial charge in [0.15, 0.2) is 0 Å². The largest absolute Gasteiger partial charge is 0.398 e. The first-order chi connectivity index (χ1) is 8.58. The Labute approximate surface area is 110 Å². The molecule has 0 amide bonds. The number of pyridine rings is 1. The Bertz CT molecular complexity index is 560. The number of hydrogen-bond donors (Lipinski definition) is 2. The zero-order valence-electron chi connectivity index (χ0n) is 9.61. The van der Waals surface area contributed by atoms with Crippen molar-refractivity contribution >= 4 is 17.3 Å². The normalized spacial score (nSPS) is 12.4. The minimum absolute atomic E-state index is 0.318. The van der Waals surface area contributed by atoms with E-state index in [1.165, 1.54) is 12.1 Å². The molecule has 1 atom stereocenters. The van der Waals surface area contributed by atoms with Crippen molar-refractivity contribution in [3.05, 3.63) is 58.6 Å². The van der Waals surface area contributed by atoms with Crippen molar-refractivity contribution in [2.45, 2.75) is 12.5 Å². The van der Waals surface area contributed by atoms with Gasteiger partial charge in [-0.15, -0.1) is 0 Å². The number of hydrogen-bond acceptors (Lipinski definition) is 3. The van der Waals surface area contributed by atoms with E-state index in [4.69, 9.17) is 23.1 Å². The van der Waals surface area contributed by atoms with Crippen LogP contribution in [0.3, 0.4) is 0 Å². The van der Waals surface area contributed by atoms with Crippen LogP contribution in [0, 0.1) is 5.82 Å². The molecule has 3 nitrogen and oxygen atoms in total. The minimum Gasteiger partial charge on any atom is -0.398 e. The molecule has 0 aliphatic rings. The standard InChI is InChI=1S/C13H13ClFN3/c14-11-6-9(15)2-1-8(11)5-13(17)10-7-18-4-3-12(10)16/h1-4,6-7,13H,5,17H2,(H2,16,18). The molecular formula is C13H13ClFN3. The van der Waals surface area contributed by atoms with Crippen molar-refractivity contribution in [3.8, 4) is 0 Å². The maximum Gasteiger partial charge on any atom is 0.124 e. The van der Waals surface area contributed by atoms with E-state index in [0.29, 0.717) is 17.1 Å². The Morgan fingerprint density at radius 2 is 2.11 bits per heavy atom. The number of nitrogens with zero attached hydrogens (tertiary/aromatic N) is 1. The number of halogens is 2. The average Bonchev–Trinajstić information content (AvgIpc) is 2.33. The van der Waals surface area contributed by atoms with Crippen LogP contribution in [0.4, 0.5) is 10.1 Å². The third-order valence-corrected chi connectivity index (χ3v) is 3.09. The van der Waals surface area contributed by atoms with E-state index in [1.807, 2.05) is 0 Å². The van der Waals surface area contributed by atoms with Gasteiger partial charge in [0.1, 0.15) is 5.82 Å². The predicted octanol–water partition coefficient (Wildman–Crippen LogP) is 2.70. The third kappa shape index (κ3) is 2.78.